The zero-order valence-electron chi connectivity index (χ0n) is 10.8. The molecule has 0 unspecified atom stereocenters. The summed E-state index contributed by atoms with van der Waals surface area (Å²) in [4.78, 5) is 6.70. The van der Waals surface area contributed by atoms with Crippen molar-refractivity contribution in [2.75, 3.05) is 31.7 Å². The third-order valence-corrected chi connectivity index (χ3v) is 3.62. The van der Waals surface area contributed by atoms with Gasteiger partial charge >= 0.3 is 0 Å². The summed E-state index contributed by atoms with van der Waals surface area (Å²) in [5.41, 5.74) is 2.18. The fourth-order valence-corrected chi connectivity index (χ4v) is 2.61. The summed E-state index contributed by atoms with van der Waals surface area (Å²) in [5.74, 6) is 0.927. The summed E-state index contributed by atoms with van der Waals surface area (Å²) in [6, 6.07) is 8.16. The van der Waals surface area contributed by atoms with E-state index in [1.807, 2.05) is 23.1 Å². The quantitative estimate of drug-likeness (QED) is 0.677. The first-order valence-corrected chi connectivity index (χ1v) is 6.71. The molecule has 1 aromatic carbocycles. The number of hydrogen-bond donors (Lipinski definition) is 1. The minimum absolute atomic E-state index is 0.643. The Labute approximate surface area is 117 Å². The van der Waals surface area contributed by atoms with Gasteiger partial charge in [-0.05, 0) is 24.4 Å². The van der Waals surface area contributed by atoms with E-state index in [4.69, 9.17) is 17.0 Å². The highest BCUT2D eigenvalue weighted by Gasteiger charge is 2.25. The first-order chi connectivity index (χ1) is 9.31. The molecule has 0 saturated heterocycles. The number of para-hydroxylation sites is 2. The van der Waals surface area contributed by atoms with Gasteiger partial charge in [-0.3, -0.25) is 4.90 Å². The second kappa shape index (κ2) is 5.14. The normalized spacial score (nSPS) is 13.8. The molecule has 5 nitrogen and oxygen atoms in total. The Balaban J connectivity index is 1.83. The van der Waals surface area contributed by atoms with E-state index in [2.05, 4.69) is 20.9 Å². The van der Waals surface area contributed by atoms with Gasteiger partial charge in [0.25, 0.3) is 0 Å². The molecule has 0 fully saturated rings. The van der Waals surface area contributed by atoms with Crippen LogP contribution in [0.15, 0.2) is 24.3 Å². The third-order valence-electron chi connectivity index (χ3n) is 3.25. The third kappa shape index (κ3) is 2.17. The van der Waals surface area contributed by atoms with E-state index in [0.29, 0.717) is 18.3 Å². The minimum Gasteiger partial charge on any atom is -0.383 e. The molecule has 0 bridgehead atoms. The molecular formula is C13H16N4OS. The lowest BCUT2D eigenvalue weighted by Crippen LogP contribution is -2.40. The highest BCUT2D eigenvalue weighted by molar-refractivity contribution is 7.80. The molecule has 0 amide bonds. The molecular weight excluding hydrogens is 260 g/mol. The Morgan fingerprint density at radius 3 is 3.11 bits per heavy atom. The average Bonchev–Trinajstić information content (AvgIpc) is 2.97. The summed E-state index contributed by atoms with van der Waals surface area (Å²) in [5, 5.41) is 3.90. The molecule has 0 atom stereocenters. The lowest BCUT2D eigenvalue weighted by Gasteiger charge is -2.18. The molecule has 3 rings (SSSR count). The summed E-state index contributed by atoms with van der Waals surface area (Å²) < 4.78 is 7.22. The Morgan fingerprint density at radius 2 is 2.26 bits per heavy atom. The van der Waals surface area contributed by atoms with Crippen molar-refractivity contribution in [3.05, 3.63) is 24.3 Å². The van der Waals surface area contributed by atoms with Gasteiger partial charge in [-0.1, -0.05) is 12.1 Å². The van der Waals surface area contributed by atoms with Crippen LogP contribution in [0.1, 0.15) is 0 Å². The molecule has 1 aliphatic heterocycles. The fraction of sp³-hybridized carbons (Fsp3) is 0.385. The highest BCUT2D eigenvalue weighted by atomic mass is 32.1. The second-order valence-electron chi connectivity index (χ2n) is 4.43. The van der Waals surface area contributed by atoms with Crippen molar-refractivity contribution in [2.24, 2.45) is 0 Å². The number of aromatic nitrogens is 2. The average molecular weight is 276 g/mol. The molecule has 1 aromatic heterocycles. The van der Waals surface area contributed by atoms with Gasteiger partial charge in [0.05, 0.1) is 17.6 Å². The number of benzene rings is 1. The van der Waals surface area contributed by atoms with Gasteiger partial charge in [0.15, 0.2) is 5.11 Å². The number of ether oxygens (including phenoxy) is 1. The van der Waals surface area contributed by atoms with Crippen molar-refractivity contribution in [1.82, 2.24) is 14.9 Å². The van der Waals surface area contributed by atoms with Gasteiger partial charge in [0.1, 0.15) is 0 Å². The van der Waals surface area contributed by atoms with Crippen LogP contribution in [0, 0.1) is 0 Å². The van der Waals surface area contributed by atoms with E-state index in [1.54, 1.807) is 7.11 Å². The monoisotopic (exact) mass is 276 g/mol. The van der Waals surface area contributed by atoms with Gasteiger partial charge in [-0.15, -0.1) is 0 Å². The fourth-order valence-electron chi connectivity index (χ4n) is 2.34. The van der Waals surface area contributed by atoms with Gasteiger partial charge in [0, 0.05) is 26.7 Å². The zero-order valence-corrected chi connectivity index (χ0v) is 11.6. The number of methoxy groups -OCH3 is 1. The van der Waals surface area contributed by atoms with Crippen LogP contribution in [0.25, 0.3) is 11.0 Å². The van der Waals surface area contributed by atoms with Crippen LogP contribution in [0.5, 0.6) is 0 Å². The number of thiocarbonyl (C=S) groups is 1. The zero-order chi connectivity index (χ0) is 13.2. The largest absolute Gasteiger partial charge is 0.383 e. The summed E-state index contributed by atoms with van der Waals surface area (Å²) in [6.07, 6.45) is 0. The van der Waals surface area contributed by atoms with Crippen molar-refractivity contribution in [3.63, 3.8) is 0 Å². The van der Waals surface area contributed by atoms with E-state index in [9.17, 15) is 0 Å². The van der Waals surface area contributed by atoms with E-state index < -0.39 is 0 Å². The smallest absolute Gasteiger partial charge is 0.213 e. The Bertz CT molecular complexity index is 610. The van der Waals surface area contributed by atoms with Gasteiger partial charge in [-0.25, -0.2) is 4.98 Å². The van der Waals surface area contributed by atoms with Gasteiger partial charge < -0.3 is 14.6 Å². The Morgan fingerprint density at radius 1 is 1.42 bits per heavy atom. The van der Waals surface area contributed by atoms with Crippen LogP contribution in [0.3, 0.4) is 0 Å². The molecule has 2 aromatic rings. The standard InChI is InChI=1S/C13H16N4OS/c1-18-9-6-14-13(19)17-8-7-16-11-5-3-2-4-10(11)15-12(16)17/h2-5H,6-9H2,1H3,(H,14,19). The van der Waals surface area contributed by atoms with Crippen LogP contribution < -0.4 is 10.2 Å². The number of nitrogens with one attached hydrogen (secondary N) is 1. The lowest BCUT2D eigenvalue weighted by atomic mass is 10.3. The van der Waals surface area contributed by atoms with Crippen LogP contribution in [-0.4, -0.2) is 41.5 Å². The number of fused-ring (bicyclic) bond motifs is 3. The molecule has 0 spiro atoms. The van der Waals surface area contributed by atoms with Crippen molar-refractivity contribution in [3.8, 4) is 0 Å². The minimum atomic E-state index is 0.643. The molecule has 1 N–H and O–H groups in total. The van der Waals surface area contributed by atoms with E-state index in [0.717, 1.165) is 24.6 Å². The van der Waals surface area contributed by atoms with Crippen LogP contribution in [-0.2, 0) is 11.3 Å². The molecule has 2 heterocycles. The summed E-state index contributed by atoms with van der Waals surface area (Å²) >= 11 is 5.41. The van der Waals surface area contributed by atoms with Crippen LogP contribution in [0.2, 0.25) is 0 Å². The van der Waals surface area contributed by atoms with Crippen molar-refractivity contribution in [1.29, 1.82) is 0 Å². The van der Waals surface area contributed by atoms with Gasteiger partial charge in [-0.2, -0.15) is 0 Å². The van der Waals surface area contributed by atoms with Crippen LogP contribution in [0.4, 0.5) is 5.95 Å². The molecule has 6 heteroatoms. The molecule has 0 radical (unpaired) electrons. The summed E-state index contributed by atoms with van der Waals surface area (Å²) in [7, 11) is 1.68. The number of anilines is 1. The van der Waals surface area contributed by atoms with Crippen molar-refractivity contribution in [2.45, 2.75) is 6.54 Å². The second-order valence-corrected chi connectivity index (χ2v) is 4.82. The van der Waals surface area contributed by atoms with E-state index >= 15 is 0 Å². The number of imidazole rings is 1. The first-order valence-electron chi connectivity index (χ1n) is 6.31. The predicted molar refractivity (Wildman–Crippen MR) is 79.6 cm³/mol. The van der Waals surface area contributed by atoms with E-state index in [1.165, 1.54) is 5.52 Å². The Hall–Kier alpha value is -1.66. The maximum absolute atomic E-state index is 5.41. The lowest BCUT2D eigenvalue weighted by molar-refractivity contribution is 0.204. The maximum Gasteiger partial charge on any atom is 0.213 e. The van der Waals surface area contributed by atoms with Crippen molar-refractivity contribution >= 4 is 34.3 Å². The molecule has 100 valence electrons. The topological polar surface area (TPSA) is 42.3 Å². The highest BCUT2D eigenvalue weighted by Crippen LogP contribution is 2.26. The summed E-state index contributed by atoms with van der Waals surface area (Å²) in [6.45, 7) is 3.14. The van der Waals surface area contributed by atoms with Gasteiger partial charge in [0.2, 0.25) is 5.95 Å². The molecule has 19 heavy (non-hydrogen) atoms. The first kappa shape index (κ1) is 12.4. The maximum atomic E-state index is 5.41. The number of hydrogen-bond acceptors (Lipinski definition) is 3. The molecule has 0 saturated carbocycles. The van der Waals surface area contributed by atoms with E-state index in [-0.39, 0.29) is 0 Å². The van der Waals surface area contributed by atoms with Crippen LogP contribution >= 0.6 is 12.2 Å². The number of nitrogens with zero attached hydrogens (tertiary/aromatic N) is 3. The Kier molecular flexibility index (Phi) is 3.35. The van der Waals surface area contributed by atoms with Crippen molar-refractivity contribution < 1.29 is 4.74 Å². The molecule has 0 aliphatic carbocycles. The number of rotatable bonds is 3. The SMILES string of the molecule is COCCNC(=S)N1CCn2c1nc1ccccc12. The molecule has 1 aliphatic rings. The predicted octanol–water partition coefficient (Wildman–Crippen LogP) is 1.38.